The quantitative estimate of drug-likeness (QED) is 0.938. The largest absolute Gasteiger partial charge is 0.381 e. The summed E-state index contributed by atoms with van der Waals surface area (Å²) in [5.74, 6) is 3.40. The van der Waals surface area contributed by atoms with Crippen LogP contribution in [0.15, 0.2) is 30.7 Å². The number of rotatable bonds is 3. The minimum absolute atomic E-state index is 0.412. The molecule has 0 saturated carbocycles. The number of aromatic nitrogens is 3. The highest BCUT2D eigenvalue weighted by atomic mass is 32.2. The summed E-state index contributed by atoms with van der Waals surface area (Å²) < 4.78 is 13.3. The maximum Gasteiger partial charge on any atom is 0.138 e. The normalized spacial score (nSPS) is 22.6. The van der Waals surface area contributed by atoms with Gasteiger partial charge in [-0.2, -0.15) is 0 Å². The monoisotopic (exact) mass is 290 g/mol. The second-order valence-electron chi connectivity index (χ2n) is 5.02. The van der Waals surface area contributed by atoms with E-state index in [1.54, 1.807) is 6.20 Å². The van der Waals surface area contributed by atoms with E-state index in [4.69, 9.17) is 0 Å². The third-order valence-electron chi connectivity index (χ3n) is 3.58. The number of hydrogen-bond acceptors (Lipinski definition) is 4. The fourth-order valence-corrected chi connectivity index (χ4v) is 3.71. The number of aryl methyl sites for hydroxylation is 1. The summed E-state index contributed by atoms with van der Waals surface area (Å²) in [4.78, 5) is 8.66. The van der Waals surface area contributed by atoms with Crippen LogP contribution < -0.4 is 5.32 Å². The lowest BCUT2D eigenvalue weighted by molar-refractivity contribution is 0.624. The van der Waals surface area contributed by atoms with Crippen LogP contribution in [0.2, 0.25) is 0 Å². The van der Waals surface area contributed by atoms with Crippen LogP contribution in [0.4, 0.5) is 5.69 Å². The molecule has 0 aliphatic carbocycles. The van der Waals surface area contributed by atoms with Crippen LogP contribution in [0.1, 0.15) is 18.7 Å². The molecular formula is C14H18N4OS. The SMILES string of the molecule is Cc1nccn1-c1ccc(NC2CCS(=O)CC2)cn1. The van der Waals surface area contributed by atoms with Crippen molar-refractivity contribution in [2.24, 2.45) is 0 Å². The molecule has 0 unspecified atom stereocenters. The molecule has 1 fully saturated rings. The van der Waals surface area contributed by atoms with Crippen LogP contribution in [0.5, 0.6) is 0 Å². The summed E-state index contributed by atoms with van der Waals surface area (Å²) in [6.45, 7) is 1.95. The molecule has 0 aromatic carbocycles. The van der Waals surface area contributed by atoms with E-state index in [1.165, 1.54) is 0 Å². The molecule has 1 aliphatic heterocycles. The zero-order valence-electron chi connectivity index (χ0n) is 11.5. The molecular weight excluding hydrogens is 272 g/mol. The topological polar surface area (TPSA) is 59.8 Å². The van der Waals surface area contributed by atoms with Crippen molar-refractivity contribution in [1.82, 2.24) is 14.5 Å². The van der Waals surface area contributed by atoms with Gasteiger partial charge >= 0.3 is 0 Å². The molecule has 0 amide bonds. The van der Waals surface area contributed by atoms with Crippen LogP contribution in [-0.4, -0.2) is 36.3 Å². The Morgan fingerprint density at radius 1 is 1.30 bits per heavy atom. The maximum absolute atomic E-state index is 11.3. The Bertz CT molecular complexity index is 598. The molecule has 1 aliphatic rings. The molecule has 2 aromatic rings. The lowest BCUT2D eigenvalue weighted by atomic mass is 10.1. The molecule has 3 heterocycles. The first-order valence-electron chi connectivity index (χ1n) is 6.80. The van der Waals surface area contributed by atoms with Gasteiger partial charge < -0.3 is 5.32 Å². The standard InChI is InChI=1S/C14H18N4OS/c1-11-15-6-7-18(11)14-3-2-13(10-16-14)17-12-4-8-20(19)9-5-12/h2-3,6-7,10,12,17H,4-5,8-9H2,1H3. The maximum atomic E-state index is 11.3. The van der Waals surface area contributed by atoms with Gasteiger partial charge in [0.25, 0.3) is 0 Å². The molecule has 1 N–H and O–H groups in total. The molecule has 3 rings (SSSR count). The molecule has 6 heteroatoms. The number of pyridine rings is 1. The summed E-state index contributed by atoms with van der Waals surface area (Å²) >= 11 is 0. The fraction of sp³-hybridized carbons (Fsp3) is 0.429. The van der Waals surface area contributed by atoms with Gasteiger partial charge in [-0.15, -0.1) is 0 Å². The van der Waals surface area contributed by atoms with Gasteiger partial charge in [0.1, 0.15) is 11.6 Å². The van der Waals surface area contributed by atoms with Crippen LogP contribution in [0, 0.1) is 6.92 Å². The third-order valence-corrected chi connectivity index (χ3v) is 4.96. The number of anilines is 1. The first-order chi connectivity index (χ1) is 9.72. The summed E-state index contributed by atoms with van der Waals surface area (Å²) in [5, 5.41) is 3.47. The summed E-state index contributed by atoms with van der Waals surface area (Å²) in [6.07, 6.45) is 7.46. The zero-order chi connectivity index (χ0) is 13.9. The van der Waals surface area contributed by atoms with Crippen molar-refractivity contribution < 1.29 is 4.21 Å². The molecule has 0 spiro atoms. The minimum atomic E-state index is -0.611. The molecule has 106 valence electrons. The highest BCUT2D eigenvalue weighted by Crippen LogP contribution is 2.17. The third kappa shape index (κ3) is 2.90. The van der Waals surface area contributed by atoms with Crippen molar-refractivity contribution in [2.45, 2.75) is 25.8 Å². The van der Waals surface area contributed by atoms with Crippen molar-refractivity contribution in [3.8, 4) is 5.82 Å². The van der Waals surface area contributed by atoms with Crippen molar-refractivity contribution in [3.63, 3.8) is 0 Å². The van der Waals surface area contributed by atoms with Crippen molar-refractivity contribution in [3.05, 3.63) is 36.5 Å². The van der Waals surface area contributed by atoms with E-state index >= 15 is 0 Å². The number of hydrogen-bond donors (Lipinski definition) is 1. The van der Waals surface area contributed by atoms with E-state index in [2.05, 4.69) is 15.3 Å². The van der Waals surface area contributed by atoms with Gasteiger partial charge in [-0.25, -0.2) is 9.97 Å². The minimum Gasteiger partial charge on any atom is -0.381 e. The van der Waals surface area contributed by atoms with E-state index in [0.717, 1.165) is 41.7 Å². The van der Waals surface area contributed by atoms with E-state index < -0.39 is 10.8 Å². The highest BCUT2D eigenvalue weighted by molar-refractivity contribution is 7.85. The van der Waals surface area contributed by atoms with E-state index in [9.17, 15) is 4.21 Å². The molecule has 2 aromatic heterocycles. The van der Waals surface area contributed by atoms with E-state index in [-0.39, 0.29) is 0 Å². The second-order valence-corrected chi connectivity index (χ2v) is 6.71. The van der Waals surface area contributed by atoms with Gasteiger partial charge in [-0.1, -0.05) is 0 Å². The van der Waals surface area contributed by atoms with Gasteiger partial charge in [-0.05, 0) is 31.9 Å². The van der Waals surface area contributed by atoms with Gasteiger partial charge in [0, 0.05) is 40.7 Å². The van der Waals surface area contributed by atoms with Gasteiger partial charge in [0.15, 0.2) is 0 Å². The van der Waals surface area contributed by atoms with Crippen LogP contribution in [0.25, 0.3) is 5.82 Å². The Kier molecular flexibility index (Phi) is 3.82. The fourth-order valence-electron chi connectivity index (χ4n) is 2.41. The molecule has 1 saturated heterocycles. The predicted molar refractivity (Wildman–Crippen MR) is 80.6 cm³/mol. The first kappa shape index (κ1) is 13.3. The molecule has 0 radical (unpaired) electrons. The smallest absolute Gasteiger partial charge is 0.138 e. The first-order valence-corrected chi connectivity index (χ1v) is 8.29. The Balaban J connectivity index is 1.67. The molecule has 0 bridgehead atoms. The molecule has 20 heavy (non-hydrogen) atoms. The number of nitrogens with zero attached hydrogens (tertiary/aromatic N) is 3. The average Bonchev–Trinajstić information content (AvgIpc) is 2.89. The van der Waals surface area contributed by atoms with E-state index in [0.29, 0.717) is 6.04 Å². The Hall–Kier alpha value is -1.69. The number of nitrogens with one attached hydrogen (secondary N) is 1. The highest BCUT2D eigenvalue weighted by Gasteiger charge is 2.17. The molecule has 5 nitrogen and oxygen atoms in total. The van der Waals surface area contributed by atoms with Crippen molar-refractivity contribution in [1.29, 1.82) is 0 Å². The van der Waals surface area contributed by atoms with Crippen molar-refractivity contribution in [2.75, 3.05) is 16.8 Å². The van der Waals surface area contributed by atoms with Crippen molar-refractivity contribution >= 4 is 16.5 Å². The van der Waals surface area contributed by atoms with Crippen LogP contribution in [0.3, 0.4) is 0 Å². The Labute approximate surface area is 120 Å². The summed E-state index contributed by atoms with van der Waals surface area (Å²) in [5.41, 5.74) is 1.02. The Morgan fingerprint density at radius 3 is 2.70 bits per heavy atom. The lowest BCUT2D eigenvalue weighted by Gasteiger charge is -2.23. The van der Waals surface area contributed by atoms with Gasteiger partial charge in [0.05, 0.1) is 11.9 Å². The Morgan fingerprint density at radius 2 is 2.10 bits per heavy atom. The summed E-state index contributed by atoms with van der Waals surface area (Å²) in [6, 6.07) is 4.43. The summed E-state index contributed by atoms with van der Waals surface area (Å²) in [7, 11) is -0.611. The van der Waals surface area contributed by atoms with Crippen LogP contribution >= 0.6 is 0 Å². The number of imidazole rings is 1. The zero-order valence-corrected chi connectivity index (χ0v) is 12.3. The van der Waals surface area contributed by atoms with Gasteiger partial charge in [-0.3, -0.25) is 8.78 Å². The van der Waals surface area contributed by atoms with E-state index in [1.807, 2.05) is 36.0 Å². The lowest BCUT2D eigenvalue weighted by Crippen LogP contribution is -2.29. The average molecular weight is 290 g/mol. The molecule has 0 atom stereocenters. The van der Waals surface area contributed by atoms with Crippen LogP contribution in [-0.2, 0) is 10.8 Å². The predicted octanol–water partition coefficient (Wildman–Crippen LogP) is 1.90. The second kappa shape index (κ2) is 5.75. The van der Waals surface area contributed by atoms with Gasteiger partial charge in [0.2, 0.25) is 0 Å².